The van der Waals surface area contributed by atoms with Crippen LogP contribution >= 0.6 is 0 Å². The number of benzene rings is 1. The van der Waals surface area contributed by atoms with E-state index in [-0.39, 0.29) is 11.1 Å². The van der Waals surface area contributed by atoms with Crippen LogP contribution in [0.25, 0.3) is 11.1 Å². The number of para-hydroxylation sites is 1. The number of rotatable bonds is 2. The van der Waals surface area contributed by atoms with Gasteiger partial charge in [-0.25, -0.2) is 13.8 Å². The molecule has 0 bridgehead atoms. The van der Waals surface area contributed by atoms with E-state index in [1.54, 1.807) is 12.1 Å². The normalized spacial score (nSPS) is 11.4. The van der Waals surface area contributed by atoms with Gasteiger partial charge in [0, 0.05) is 6.42 Å². The first-order valence-electron chi connectivity index (χ1n) is 4.39. The minimum atomic E-state index is -2.52. The third-order valence-electron chi connectivity index (χ3n) is 2.03. The maximum atomic E-state index is 12.5. The molecule has 0 aliphatic heterocycles. The Morgan fingerprint density at radius 2 is 2.21 bits per heavy atom. The molecule has 4 heteroatoms. The van der Waals surface area contributed by atoms with Crippen molar-refractivity contribution in [2.24, 2.45) is 0 Å². The maximum Gasteiger partial charge on any atom is 0.267 e. The molecule has 0 amide bonds. The Kier molecular flexibility index (Phi) is 2.19. The van der Waals surface area contributed by atoms with Gasteiger partial charge in [0.25, 0.3) is 6.43 Å². The first-order valence-corrected chi connectivity index (χ1v) is 4.39. The van der Waals surface area contributed by atoms with Crippen LogP contribution in [0.5, 0.6) is 0 Å². The van der Waals surface area contributed by atoms with Gasteiger partial charge in [-0.1, -0.05) is 13.0 Å². The standard InChI is InChI=1S/C10H9F2NO/c1-2-8-13-7-5-3-4-6(10(11)12)9(7)14-8/h3-5,10H,2H2,1H3. The molecule has 2 aromatic rings. The molecule has 2 nitrogen and oxygen atoms in total. The summed E-state index contributed by atoms with van der Waals surface area (Å²) in [6, 6.07) is 4.59. The maximum absolute atomic E-state index is 12.5. The number of hydrogen-bond acceptors (Lipinski definition) is 2. The molecule has 0 N–H and O–H groups in total. The van der Waals surface area contributed by atoms with E-state index < -0.39 is 6.43 Å². The Bertz CT molecular complexity index is 450. The van der Waals surface area contributed by atoms with Crippen molar-refractivity contribution in [3.8, 4) is 0 Å². The Hall–Kier alpha value is -1.45. The Balaban J connectivity index is 2.66. The van der Waals surface area contributed by atoms with Gasteiger partial charge in [-0.2, -0.15) is 0 Å². The van der Waals surface area contributed by atoms with Crippen LogP contribution in [0.3, 0.4) is 0 Å². The van der Waals surface area contributed by atoms with Crippen molar-refractivity contribution in [3.05, 3.63) is 29.7 Å². The highest BCUT2D eigenvalue weighted by atomic mass is 19.3. The average molecular weight is 197 g/mol. The molecule has 0 unspecified atom stereocenters. The second-order valence-corrected chi connectivity index (χ2v) is 2.96. The van der Waals surface area contributed by atoms with Gasteiger partial charge in [0.05, 0.1) is 5.56 Å². The first-order chi connectivity index (χ1) is 6.72. The molecule has 1 aromatic carbocycles. The van der Waals surface area contributed by atoms with Crippen molar-refractivity contribution in [2.45, 2.75) is 19.8 Å². The topological polar surface area (TPSA) is 26.0 Å². The molecule has 0 saturated heterocycles. The molecule has 0 spiro atoms. The van der Waals surface area contributed by atoms with Crippen molar-refractivity contribution >= 4 is 11.1 Å². The number of nitrogens with zero attached hydrogens (tertiary/aromatic N) is 1. The summed E-state index contributed by atoms with van der Waals surface area (Å²) in [7, 11) is 0. The van der Waals surface area contributed by atoms with Crippen LogP contribution in [0.4, 0.5) is 8.78 Å². The molecule has 74 valence electrons. The summed E-state index contributed by atoms with van der Waals surface area (Å²) in [4.78, 5) is 4.07. The van der Waals surface area contributed by atoms with Gasteiger partial charge >= 0.3 is 0 Å². The Morgan fingerprint density at radius 1 is 1.43 bits per heavy atom. The monoisotopic (exact) mass is 197 g/mol. The molecule has 0 aliphatic carbocycles. The minimum absolute atomic E-state index is 0.0882. The molecule has 0 saturated carbocycles. The van der Waals surface area contributed by atoms with E-state index in [1.165, 1.54) is 6.07 Å². The molecule has 1 aromatic heterocycles. The van der Waals surface area contributed by atoms with E-state index in [9.17, 15) is 8.78 Å². The van der Waals surface area contributed by atoms with Crippen LogP contribution in [-0.4, -0.2) is 4.98 Å². The van der Waals surface area contributed by atoms with Crippen molar-refractivity contribution in [1.82, 2.24) is 4.98 Å². The fourth-order valence-corrected chi connectivity index (χ4v) is 1.34. The number of oxazole rings is 1. The van der Waals surface area contributed by atoms with Crippen molar-refractivity contribution < 1.29 is 13.2 Å². The largest absolute Gasteiger partial charge is 0.440 e. The van der Waals surface area contributed by atoms with Crippen molar-refractivity contribution in [1.29, 1.82) is 0 Å². The van der Waals surface area contributed by atoms with Crippen LogP contribution in [0.1, 0.15) is 24.8 Å². The lowest BCUT2D eigenvalue weighted by Gasteiger charge is -1.97. The summed E-state index contributed by atoms with van der Waals surface area (Å²) in [6.07, 6.45) is -1.91. The van der Waals surface area contributed by atoms with Crippen LogP contribution in [0, 0.1) is 0 Å². The first kappa shape index (κ1) is 9.12. The van der Waals surface area contributed by atoms with E-state index in [1.807, 2.05) is 6.92 Å². The fourth-order valence-electron chi connectivity index (χ4n) is 1.34. The second kappa shape index (κ2) is 3.36. The lowest BCUT2D eigenvalue weighted by molar-refractivity contribution is 0.151. The quantitative estimate of drug-likeness (QED) is 0.738. The lowest BCUT2D eigenvalue weighted by atomic mass is 10.2. The van der Waals surface area contributed by atoms with E-state index in [0.717, 1.165) is 0 Å². The average Bonchev–Trinajstić information content (AvgIpc) is 2.59. The highest BCUT2D eigenvalue weighted by Crippen LogP contribution is 2.28. The second-order valence-electron chi connectivity index (χ2n) is 2.96. The van der Waals surface area contributed by atoms with Crippen LogP contribution in [0.15, 0.2) is 22.6 Å². The molecule has 0 radical (unpaired) electrons. The summed E-state index contributed by atoms with van der Waals surface area (Å²) in [5.74, 6) is 0.494. The summed E-state index contributed by atoms with van der Waals surface area (Å²) in [5, 5.41) is 0. The number of halogens is 2. The van der Waals surface area contributed by atoms with Crippen LogP contribution in [-0.2, 0) is 6.42 Å². The van der Waals surface area contributed by atoms with E-state index in [2.05, 4.69) is 4.98 Å². The van der Waals surface area contributed by atoms with Gasteiger partial charge in [0.2, 0.25) is 0 Å². The summed E-state index contributed by atoms with van der Waals surface area (Å²) < 4.78 is 30.3. The number of alkyl halides is 2. The highest BCUT2D eigenvalue weighted by molar-refractivity contribution is 5.76. The molecular formula is C10H9F2NO. The zero-order valence-electron chi connectivity index (χ0n) is 7.63. The summed E-state index contributed by atoms with van der Waals surface area (Å²) in [6.45, 7) is 1.87. The SMILES string of the molecule is CCc1nc2cccc(C(F)F)c2o1. The molecule has 0 atom stereocenters. The molecule has 1 heterocycles. The number of aryl methyl sites for hydroxylation is 1. The van der Waals surface area contributed by atoms with Gasteiger partial charge in [0.1, 0.15) is 5.52 Å². The number of hydrogen-bond donors (Lipinski definition) is 0. The van der Waals surface area contributed by atoms with Crippen molar-refractivity contribution in [2.75, 3.05) is 0 Å². The van der Waals surface area contributed by atoms with E-state index in [4.69, 9.17) is 4.42 Å². The van der Waals surface area contributed by atoms with Crippen LogP contribution in [0.2, 0.25) is 0 Å². The molecule has 14 heavy (non-hydrogen) atoms. The third-order valence-corrected chi connectivity index (χ3v) is 2.03. The number of aromatic nitrogens is 1. The molecule has 0 aliphatic rings. The predicted molar refractivity (Wildman–Crippen MR) is 48.3 cm³/mol. The lowest BCUT2D eigenvalue weighted by Crippen LogP contribution is -1.83. The van der Waals surface area contributed by atoms with Gasteiger partial charge in [-0.05, 0) is 12.1 Å². The number of fused-ring (bicyclic) bond motifs is 1. The fraction of sp³-hybridized carbons (Fsp3) is 0.300. The van der Waals surface area contributed by atoms with Gasteiger partial charge in [-0.15, -0.1) is 0 Å². The Morgan fingerprint density at radius 3 is 2.86 bits per heavy atom. The Labute approximate surface area is 79.6 Å². The smallest absolute Gasteiger partial charge is 0.267 e. The zero-order valence-corrected chi connectivity index (χ0v) is 7.63. The molecule has 0 fully saturated rings. The van der Waals surface area contributed by atoms with Crippen LogP contribution < -0.4 is 0 Å². The predicted octanol–water partition coefficient (Wildman–Crippen LogP) is 3.33. The van der Waals surface area contributed by atoms with E-state index in [0.29, 0.717) is 17.8 Å². The van der Waals surface area contributed by atoms with E-state index >= 15 is 0 Å². The van der Waals surface area contributed by atoms with Gasteiger partial charge < -0.3 is 4.42 Å². The summed E-state index contributed by atoms with van der Waals surface area (Å²) in [5.41, 5.74) is 0.619. The molecule has 2 rings (SSSR count). The minimum Gasteiger partial charge on any atom is -0.440 e. The van der Waals surface area contributed by atoms with Gasteiger partial charge in [0.15, 0.2) is 11.5 Å². The van der Waals surface area contributed by atoms with Gasteiger partial charge in [-0.3, -0.25) is 0 Å². The zero-order chi connectivity index (χ0) is 10.1. The molecular weight excluding hydrogens is 188 g/mol. The van der Waals surface area contributed by atoms with Crippen molar-refractivity contribution in [3.63, 3.8) is 0 Å². The third kappa shape index (κ3) is 1.36. The summed E-state index contributed by atoms with van der Waals surface area (Å²) >= 11 is 0. The highest BCUT2D eigenvalue weighted by Gasteiger charge is 2.15.